The Labute approximate surface area is 98.4 Å². The quantitative estimate of drug-likeness (QED) is 0.823. The summed E-state index contributed by atoms with van der Waals surface area (Å²) in [6, 6.07) is 9.50. The van der Waals surface area contributed by atoms with E-state index in [1.807, 2.05) is 0 Å². The Morgan fingerprint density at radius 1 is 1.38 bits per heavy atom. The second-order valence-corrected chi connectivity index (χ2v) is 4.61. The molecule has 2 nitrogen and oxygen atoms in total. The molecule has 88 valence electrons. The first-order valence-electron chi connectivity index (χ1n) is 6.41. The highest BCUT2D eigenvalue weighted by Crippen LogP contribution is 2.33. The molecule has 1 heterocycles. The van der Waals surface area contributed by atoms with Crippen LogP contribution in [-0.2, 0) is 6.42 Å². The van der Waals surface area contributed by atoms with E-state index in [1.54, 1.807) is 0 Å². The molecule has 1 atom stereocenters. The average molecular weight is 218 g/mol. The zero-order chi connectivity index (χ0) is 11.4. The van der Waals surface area contributed by atoms with Gasteiger partial charge < -0.3 is 10.6 Å². The summed E-state index contributed by atoms with van der Waals surface area (Å²) in [5, 5.41) is 0. The van der Waals surface area contributed by atoms with Crippen LogP contribution in [0.2, 0.25) is 0 Å². The van der Waals surface area contributed by atoms with Gasteiger partial charge in [0.2, 0.25) is 0 Å². The molecule has 0 aliphatic carbocycles. The summed E-state index contributed by atoms with van der Waals surface area (Å²) in [5.41, 5.74) is 8.57. The zero-order valence-corrected chi connectivity index (χ0v) is 10.2. The molecule has 2 rings (SSSR count). The van der Waals surface area contributed by atoms with Gasteiger partial charge in [-0.25, -0.2) is 0 Å². The van der Waals surface area contributed by atoms with E-state index in [1.165, 1.54) is 37.1 Å². The molecule has 0 saturated carbocycles. The third kappa shape index (κ3) is 2.22. The molecular weight excluding hydrogens is 196 g/mol. The number of fused-ring (bicyclic) bond motifs is 1. The first-order chi connectivity index (χ1) is 7.86. The highest BCUT2D eigenvalue weighted by atomic mass is 15.2. The van der Waals surface area contributed by atoms with E-state index in [9.17, 15) is 0 Å². The normalized spacial score (nSPS) is 18.9. The Morgan fingerprint density at radius 2 is 2.19 bits per heavy atom. The summed E-state index contributed by atoms with van der Waals surface area (Å²) in [4.78, 5) is 2.57. The fourth-order valence-corrected chi connectivity index (χ4v) is 2.68. The molecule has 0 bridgehead atoms. The second kappa shape index (κ2) is 5.35. The zero-order valence-electron chi connectivity index (χ0n) is 10.2. The number of anilines is 1. The van der Waals surface area contributed by atoms with E-state index in [4.69, 9.17) is 5.73 Å². The summed E-state index contributed by atoms with van der Waals surface area (Å²) in [7, 11) is 0. The smallest absolute Gasteiger partial charge is 0.0402 e. The van der Waals surface area contributed by atoms with Crippen molar-refractivity contribution >= 4 is 5.69 Å². The number of nitrogens with two attached hydrogens (primary N) is 1. The third-order valence-corrected chi connectivity index (χ3v) is 3.40. The molecule has 0 radical (unpaired) electrons. The summed E-state index contributed by atoms with van der Waals surface area (Å²) in [5.74, 6) is 0. The van der Waals surface area contributed by atoms with E-state index in [2.05, 4.69) is 36.1 Å². The van der Waals surface area contributed by atoms with Crippen molar-refractivity contribution in [3.63, 3.8) is 0 Å². The fraction of sp³-hybridized carbons (Fsp3) is 0.571. The Balaban J connectivity index is 2.13. The number of hydrogen-bond donors (Lipinski definition) is 1. The van der Waals surface area contributed by atoms with E-state index in [-0.39, 0.29) is 0 Å². The van der Waals surface area contributed by atoms with Gasteiger partial charge in [-0.05, 0) is 43.9 Å². The Hall–Kier alpha value is -1.02. The van der Waals surface area contributed by atoms with Crippen molar-refractivity contribution in [2.75, 3.05) is 18.0 Å². The van der Waals surface area contributed by atoms with Gasteiger partial charge in [-0.1, -0.05) is 25.1 Å². The second-order valence-electron chi connectivity index (χ2n) is 4.61. The van der Waals surface area contributed by atoms with Crippen LogP contribution in [0, 0.1) is 0 Å². The van der Waals surface area contributed by atoms with Gasteiger partial charge in [-0.2, -0.15) is 0 Å². The van der Waals surface area contributed by atoms with Gasteiger partial charge in [0, 0.05) is 18.3 Å². The molecule has 16 heavy (non-hydrogen) atoms. The molecule has 1 unspecified atom stereocenters. The molecule has 0 spiro atoms. The average Bonchev–Trinajstić information content (AvgIpc) is 2.66. The van der Waals surface area contributed by atoms with Gasteiger partial charge in [-0.15, -0.1) is 0 Å². The first kappa shape index (κ1) is 11.5. The lowest BCUT2D eigenvalue weighted by Gasteiger charge is -2.27. The van der Waals surface area contributed by atoms with Crippen molar-refractivity contribution in [2.45, 2.75) is 38.6 Å². The minimum Gasteiger partial charge on any atom is -0.368 e. The Morgan fingerprint density at radius 3 is 2.94 bits per heavy atom. The predicted molar refractivity (Wildman–Crippen MR) is 69.9 cm³/mol. The SMILES string of the molecule is CCCN1c2ccccc2CC1CCCN. The standard InChI is InChI=1S/C14H22N2/c1-2-10-16-13(7-5-9-15)11-12-6-3-4-8-14(12)16/h3-4,6,8,13H,2,5,7,9-11,15H2,1H3. The number of hydrogen-bond acceptors (Lipinski definition) is 2. The largest absolute Gasteiger partial charge is 0.368 e. The van der Waals surface area contributed by atoms with Crippen LogP contribution in [0.5, 0.6) is 0 Å². The van der Waals surface area contributed by atoms with Gasteiger partial charge in [0.15, 0.2) is 0 Å². The van der Waals surface area contributed by atoms with Crippen molar-refractivity contribution in [2.24, 2.45) is 5.73 Å². The molecule has 1 aromatic rings. The minimum absolute atomic E-state index is 0.681. The molecule has 1 aliphatic rings. The Bertz CT molecular complexity index is 335. The van der Waals surface area contributed by atoms with Crippen LogP contribution < -0.4 is 10.6 Å². The van der Waals surface area contributed by atoms with Crippen LogP contribution in [0.15, 0.2) is 24.3 Å². The van der Waals surface area contributed by atoms with Gasteiger partial charge in [0.05, 0.1) is 0 Å². The molecule has 0 aromatic heterocycles. The van der Waals surface area contributed by atoms with Crippen molar-refractivity contribution in [1.29, 1.82) is 0 Å². The fourth-order valence-electron chi connectivity index (χ4n) is 2.68. The summed E-state index contributed by atoms with van der Waals surface area (Å²) in [6.07, 6.45) is 4.79. The van der Waals surface area contributed by atoms with Gasteiger partial charge in [0.25, 0.3) is 0 Å². The number of para-hydroxylation sites is 1. The lowest BCUT2D eigenvalue weighted by Crippen LogP contribution is -2.33. The molecule has 0 fully saturated rings. The molecule has 0 saturated heterocycles. The van der Waals surface area contributed by atoms with Gasteiger partial charge in [0.1, 0.15) is 0 Å². The van der Waals surface area contributed by atoms with E-state index in [0.29, 0.717) is 6.04 Å². The minimum atomic E-state index is 0.681. The van der Waals surface area contributed by atoms with Crippen LogP contribution in [-0.4, -0.2) is 19.1 Å². The highest BCUT2D eigenvalue weighted by molar-refractivity contribution is 5.59. The Kier molecular flexibility index (Phi) is 3.83. The number of rotatable bonds is 5. The highest BCUT2D eigenvalue weighted by Gasteiger charge is 2.27. The lowest BCUT2D eigenvalue weighted by atomic mass is 10.1. The number of benzene rings is 1. The molecule has 1 aromatic carbocycles. The maximum atomic E-state index is 5.61. The maximum absolute atomic E-state index is 5.61. The lowest BCUT2D eigenvalue weighted by molar-refractivity contribution is 0.554. The van der Waals surface area contributed by atoms with Crippen LogP contribution >= 0.6 is 0 Å². The van der Waals surface area contributed by atoms with Gasteiger partial charge >= 0.3 is 0 Å². The van der Waals surface area contributed by atoms with Crippen molar-refractivity contribution in [3.8, 4) is 0 Å². The maximum Gasteiger partial charge on any atom is 0.0402 e. The molecule has 2 N–H and O–H groups in total. The van der Waals surface area contributed by atoms with Crippen LogP contribution in [0.25, 0.3) is 0 Å². The molecule has 2 heteroatoms. The van der Waals surface area contributed by atoms with E-state index in [0.717, 1.165) is 13.0 Å². The summed E-state index contributed by atoms with van der Waals surface area (Å²) < 4.78 is 0. The molecule has 1 aliphatic heterocycles. The van der Waals surface area contributed by atoms with Crippen molar-refractivity contribution in [1.82, 2.24) is 0 Å². The van der Waals surface area contributed by atoms with Gasteiger partial charge in [-0.3, -0.25) is 0 Å². The monoisotopic (exact) mass is 218 g/mol. The van der Waals surface area contributed by atoms with Crippen molar-refractivity contribution in [3.05, 3.63) is 29.8 Å². The number of nitrogens with zero attached hydrogens (tertiary/aromatic N) is 1. The summed E-state index contributed by atoms with van der Waals surface area (Å²) >= 11 is 0. The molecular formula is C14H22N2. The van der Waals surface area contributed by atoms with E-state index < -0.39 is 0 Å². The van der Waals surface area contributed by atoms with Crippen molar-refractivity contribution < 1.29 is 0 Å². The van der Waals surface area contributed by atoms with Crippen LogP contribution in [0.4, 0.5) is 5.69 Å². The molecule has 0 amide bonds. The topological polar surface area (TPSA) is 29.3 Å². The first-order valence-corrected chi connectivity index (χ1v) is 6.41. The van der Waals surface area contributed by atoms with Crippen LogP contribution in [0.1, 0.15) is 31.7 Å². The predicted octanol–water partition coefficient (Wildman–Crippen LogP) is 2.57. The van der Waals surface area contributed by atoms with E-state index >= 15 is 0 Å². The third-order valence-electron chi connectivity index (χ3n) is 3.40. The summed E-state index contributed by atoms with van der Waals surface area (Å²) in [6.45, 7) is 4.24. The van der Waals surface area contributed by atoms with Crippen LogP contribution in [0.3, 0.4) is 0 Å².